The van der Waals surface area contributed by atoms with Gasteiger partial charge in [-0.3, -0.25) is 5.32 Å². The molecule has 0 spiro atoms. The highest BCUT2D eigenvalue weighted by Gasteiger charge is 2.25. The van der Waals surface area contributed by atoms with Crippen LogP contribution in [0.25, 0.3) is 0 Å². The first-order valence-electron chi connectivity index (χ1n) is 6.22. The average molecular weight is 224 g/mol. The van der Waals surface area contributed by atoms with Crippen LogP contribution in [0.2, 0.25) is 0 Å². The van der Waals surface area contributed by atoms with Crippen LogP contribution >= 0.6 is 0 Å². The third kappa shape index (κ3) is 3.18. The van der Waals surface area contributed by atoms with E-state index in [-0.39, 0.29) is 6.04 Å². The molecule has 0 bridgehead atoms. The summed E-state index contributed by atoms with van der Waals surface area (Å²) in [5, 5.41) is 12.5. The Balaban J connectivity index is 1.73. The zero-order valence-electron chi connectivity index (χ0n) is 9.65. The van der Waals surface area contributed by atoms with Crippen molar-refractivity contribution in [2.24, 2.45) is 5.92 Å². The highest BCUT2D eigenvalue weighted by atomic mass is 16.5. The molecule has 3 unspecified atom stereocenters. The van der Waals surface area contributed by atoms with E-state index in [4.69, 9.17) is 14.7 Å². The van der Waals surface area contributed by atoms with E-state index >= 15 is 0 Å². The molecule has 2 heterocycles. The molecule has 3 atom stereocenters. The molecule has 0 aromatic carbocycles. The molecular weight excluding hydrogens is 204 g/mol. The van der Waals surface area contributed by atoms with Crippen LogP contribution in [0.3, 0.4) is 0 Å². The van der Waals surface area contributed by atoms with Gasteiger partial charge in [-0.05, 0) is 25.7 Å². The first-order valence-corrected chi connectivity index (χ1v) is 6.22. The molecular formula is C12H20N2O2. The normalized spacial score (nSPS) is 32.2. The van der Waals surface area contributed by atoms with Gasteiger partial charge in [0.1, 0.15) is 6.04 Å². The van der Waals surface area contributed by atoms with Crippen molar-refractivity contribution in [3.8, 4) is 6.07 Å². The summed E-state index contributed by atoms with van der Waals surface area (Å²) in [5.41, 5.74) is 0. The molecule has 2 fully saturated rings. The van der Waals surface area contributed by atoms with Gasteiger partial charge in [0.2, 0.25) is 0 Å². The van der Waals surface area contributed by atoms with E-state index in [1.54, 1.807) is 0 Å². The molecule has 2 saturated heterocycles. The molecule has 0 aliphatic carbocycles. The molecule has 4 heteroatoms. The molecule has 1 N–H and O–H groups in total. The Kier molecular flexibility index (Phi) is 4.58. The minimum Gasteiger partial charge on any atom is -0.381 e. The first-order chi connectivity index (χ1) is 7.90. The Bertz CT molecular complexity index is 240. The molecule has 0 aromatic rings. The van der Waals surface area contributed by atoms with Crippen molar-refractivity contribution in [1.29, 1.82) is 5.26 Å². The number of nitriles is 1. The van der Waals surface area contributed by atoms with E-state index in [1.165, 1.54) is 0 Å². The lowest BCUT2D eigenvalue weighted by molar-refractivity contribution is 0.0432. The third-order valence-corrected chi connectivity index (χ3v) is 3.40. The smallest absolute Gasteiger partial charge is 0.100 e. The summed E-state index contributed by atoms with van der Waals surface area (Å²) in [4.78, 5) is 0. The molecule has 2 aliphatic rings. The van der Waals surface area contributed by atoms with Gasteiger partial charge in [-0.15, -0.1) is 0 Å². The predicted molar refractivity (Wildman–Crippen MR) is 59.9 cm³/mol. The van der Waals surface area contributed by atoms with Crippen LogP contribution in [-0.2, 0) is 9.47 Å². The van der Waals surface area contributed by atoms with Crippen LogP contribution in [0.5, 0.6) is 0 Å². The fourth-order valence-electron chi connectivity index (χ4n) is 2.41. The second kappa shape index (κ2) is 6.19. The number of nitrogens with one attached hydrogen (secondary N) is 1. The van der Waals surface area contributed by atoms with Crippen molar-refractivity contribution in [1.82, 2.24) is 5.32 Å². The summed E-state index contributed by atoms with van der Waals surface area (Å²) in [6.07, 6.45) is 4.74. The van der Waals surface area contributed by atoms with E-state index in [1.807, 2.05) is 0 Å². The number of hydrogen-bond acceptors (Lipinski definition) is 4. The van der Waals surface area contributed by atoms with Gasteiger partial charge in [-0.25, -0.2) is 0 Å². The Labute approximate surface area is 96.9 Å². The maximum absolute atomic E-state index is 9.14. The standard InChI is InChI=1S/C12H20N2O2/c13-7-12(10-3-1-5-15-9-10)14-8-11-4-2-6-16-11/h10-12,14H,1-6,8-9H2. The Morgan fingerprint density at radius 3 is 2.81 bits per heavy atom. The van der Waals surface area contributed by atoms with E-state index in [2.05, 4.69) is 11.4 Å². The second-order valence-electron chi connectivity index (χ2n) is 4.63. The van der Waals surface area contributed by atoms with E-state index in [0.717, 1.165) is 52.0 Å². The first kappa shape index (κ1) is 11.8. The van der Waals surface area contributed by atoms with E-state index < -0.39 is 0 Å². The zero-order valence-corrected chi connectivity index (χ0v) is 9.65. The van der Waals surface area contributed by atoms with Crippen molar-refractivity contribution in [3.63, 3.8) is 0 Å². The van der Waals surface area contributed by atoms with E-state index in [9.17, 15) is 0 Å². The molecule has 0 saturated carbocycles. The van der Waals surface area contributed by atoms with Crippen molar-refractivity contribution >= 4 is 0 Å². The number of hydrogen-bond donors (Lipinski definition) is 1. The molecule has 90 valence electrons. The maximum Gasteiger partial charge on any atom is 0.100 e. The number of ether oxygens (including phenoxy) is 2. The molecule has 4 nitrogen and oxygen atoms in total. The average Bonchev–Trinajstić information content (AvgIpc) is 2.84. The predicted octanol–water partition coefficient (Wildman–Crippen LogP) is 1.07. The summed E-state index contributed by atoms with van der Waals surface area (Å²) in [5.74, 6) is 0.347. The lowest BCUT2D eigenvalue weighted by Crippen LogP contribution is -2.42. The number of nitrogens with zero attached hydrogens (tertiary/aromatic N) is 1. The van der Waals surface area contributed by atoms with Crippen LogP contribution in [0.15, 0.2) is 0 Å². The van der Waals surface area contributed by atoms with Gasteiger partial charge >= 0.3 is 0 Å². The number of rotatable bonds is 4. The lowest BCUT2D eigenvalue weighted by atomic mass is 9.94. The quantitative estimate of drug-likeness (QED) is 0.776. The van der Waals surface area contributed by atoms with Gasteiger partial charge in [0.15, 0.2) is 0 Å². The molecule has 2 aliphatic heterocycles. The Hall–Kier alpha value is -0.630. The summed E-state index contributed by atoms with van der Waals surface area (Å²) < 4.78 is 10.9. The van der Waals surface area contributed by atoms with Crippen molar-refractivity contribution in [2.75, 3.05) is 26.4 Å². The molecule has 0 amide bonds. The second-order valence-corrected chi connectivity index (χ2v) is 4.63. The molecule has 16 heavy (non-hydrogen) atoms. The van der Waals surface area contributed by atoms with Crippen molar-refractivity contribution in [3.05, 3.63) is 0 Å². The minimum atomic E-state index is -0.0792. The highest BCUT2D eigenvalue weighted by Crippen LogP contribution is 2.18. The summed E-state index contributed by atoms with van der Waals surface area (Å²) in [6.45, 7) is 3.24. The van der Waals surface area contributed by atoms with Gasteiger partial charge in [0.25, 0.3) is 0 Å². The van der Waals surface area contributed by atoms with Crippen molar-refractivity contribution < 1.29 is 9.47 Å². The van der Waals surface area contributed by atoms with Crippen LogP contribution < -0.4 is 5.32 Å². The fourth-order valence-corrected chi connectivity index (χ4v) is 2.41. The Morgan fingerprint density at radius 2 is 2.19 bits per heavy atom. The van der Waals surface area contributed by atoms with Gasteiger partial charge in [0.05, 0.1) is 18.8 Å². The summed E-state index contributed by atoms with van der Waals surface area (Å²) in [7, 11) is 0. The van der Waals surface area contributed by atoms with Crippen LogP contribution in [0, 0.1) is 17.2 Å². The fraction of sp³-hybridized carbons (Fsp3) is 0.917. The lowest BCUT2D eigenvalue weighted by Gasteiger charge is -2.27. The van der Waals surface area contributed by atoms with Crippen LogP contribution in [0.1, 0.15) is 25.7 Å². The van der Waals surface area contributed by atoms with Crippen molar-refractivity contribution in [2.45, 2.75) is 37.8 Å². The topological polar surface area (TPSA) is 54.3 Å². The van der Waals surface area contributed by atoms with E-state index in [0.29, 0.717) is 12.0 Å². The molecule has 0 radical (unpaired) electrons. The SMILES string of the molecule is N#CC(NCC1CCCO1)C1CCCOC1. The Morgan fingerprint density at radius 1 is 1.31 bits per heavy atom. The third-order valence-electron chi connectivity index (χ3n) is 3.40. The monoisotopic (exact) mass is 224 g/mol. The van der Waals surface area contributed by atoms with Gasteiger partial charge in [-0.1, -0.05) is 0 Å². The largest absolute Gasteiger partial charge is 0.381 e. The van der Waals surface area contributed by atoms with Crippen LogP contribution in [-0.4, -0.2) is 38.5 Å². The molecule has 2 rings (SSSR count). The molecule has 0 aromatic heterocycles. The van der Waals surface area contributed by atoms with Gasteiger partial charge in [0, 0.05) is 25.7 Å². The highest BCUT2D eigenvalue weighted by molar-refractivity contribution is 4.96. The maximum atomic E-state index is 9.14. The van der Waals surface area contributed by atoms with Crippen LogP contribution in [0.4, 0.5) is 0 Å². The van der Waals surface area contributed by atoms with Gasteiger partial charge in [-0.2, -0.15) is 5.26 Å². The summed E-state index contributed by atoms with van der Waals surface area (Å²) >= 11 is 0. The summed E-state index contributed by atoms with van der Waals surface area (Å²) in [6, 6.07) is 2.27. The minimum absolute atomic E-state index is 0.0792. The zero-order chi connectivity index (χ0) is 11.2. The van der Waals surface area contributed by atoms with Gasteiger partial charge < -0.3 is 9.47 Å².